The molecule has 19 heavy (non-hydrogen) atoms. The number of hydrogen-bond donors (Lipinski definition) is 0. The zero-order valence-electron chi connectivity index (χ0n) is 12.1. The van der Waals surface area contributed by atoms with Crippen LogP contribution in [0.5, 0.6) is 0 Å². The molecule has 0 radical (unpaired) electrons. The van der Waals surface area contributed by atoms with Gasteiger partial charge in [-0.25, -0.2) is 0 Å². The van der Waals surface area contributed by atoms with Crippen molar-refractivity contribution < 1.29 is 56.4 Å². The molecule has 0 saturated heterocycles. The Hall–Kier alpha value is 1.02. The van der Waals surface area contributed by atoms with E-state index in [2.05, 4.69) is 57.3 Å². The molecule has 0 heterocycles. The van der Waals surface area contributed by atoms with Gasteiger partial charge in [0.25, 0.3) is 0 Å². The van der Waals surface area contributed by atoms with Gasteiger partial charge in [0.1, 0.15) is 0 Å². The number of fused-ring (bicyclic) bond motifs is 1. The van der Waals surface area contributed by atoms with E-state index in [1.54, 1.807) is 11.1 Å². The summed E-state index contributed by atoms with van der Waals surface area (Å²) in [5.74, 6) is 0.460. The molecule has 0 saturated carbocycles. The van der Waals surface area contributed by atoms with Gasteiger partial charge in [0, 0.05) is 0 Å². The zero-order valence-corrected chi connectivity index (χ0v) is 18.9. The van der Waals surface area contributed by atoms with Crippen LogP contribution < -0.4 is 34.0 Å². The summed E-state index contributed by atoms with van der Waals surface area (Å²) in [6.07, 6.45) is 3.80. The van der Waals surface area contributed by atoms with Crippen molar-refractivity contribution in [3.05, 3.63) is 41.0 Å². The van der Waals surface area contributed by atoms with Gasteiger partial charge in [0.15, 0.2) is 0 Å². The van der Waals surface area contributed by atoms with Crippen molar-refractivity contribution in [3.8, 4) is 0 Å². The smallest absolute Gasteiger partial charge is 1.00 e. The summed E-state index contributed by atoms with van der Waals surface area (Å²) in [5, 5.41) is 0. The standard InChI is InChI=1S/C13H15.C2H7Si.2BrH.Zr/c1-10(2)7-11-8-12-5-3-4-6-13(12)9-11;1-3-2;;;/h3-6,8-10H,7H2,1-2H3;3H,1-2H3;2*1H;/q;;;;+2/p-2. The third-order valence-corrected chi connectivity index (χ3v) is 13.2. The van der Waals surface area contributed by atoms with Crippen LogP contribution in [0.25, 0.3) is 6.08 Å². The van der Waals surface area contributed by atoms with Crippen LogP contribution in [-0.2, 0) is 22.4 Å². The number of benzene rings is 1. The van der Waals surface area contributed by atoms with E-state index in [4.69, 9.17) is 0 Å². The van der Waals surface area contributed by atoms with Gasteiger partial charge in [0.05, 0.1) is 0 Å². The van der Waals surface area contributed by atoms with Gasteiger partial charge in [-0.2, -0.15) is 0 Å². The molecule has 0 bridgehead atoms. The van der Waals surface area contributed by atoms with E-state index >= 15 is 0 Å². The zero-order chi connectivity index (χ0) is 12.4. The maximum atomic E-state index is 2.54. The second-order valence-electron chi connectivity index (χ2n) is 5.70. The largest absolute Gasteiger partial charge is 1.00 e. The molecule has 0 aliphatic heterocycles. The summed E-state index contributed by atoms with van der Waals surface area (Å²) in [6, 6.07) is 9.08. The molecule has 1 aliphatic rings. The minimum absolute atomic E-state index is 0. The fourth-order valence-electron chi connectivity index (χ4n) is 2.57. The van der Waals surface area contributed by atoms with Gasteiger partial charge in [-0.15, -0.1) is 0 Å². The Balaban J connectivity index is 0.00000162. The molecular weight excluding hydrogens is 459 g/mol. The number of rotatable bonds is 4. The monoisotopic (exact) mass is 478 g/mol. The molecule has 0 nitrogen and oxygen atoms in total. The van der Waals surface area contributed by atoms with Crippen molar-refractivity contribution in [3.63, 3.8) is 0 Å². The van der Waals surface area contributed by atoms with Crippen molar-refractivity contribution in [2.24, 2.45) is 5.92 Å². The van der Waals surface area contributed by atoms with E-state index in [-0.39, 0.29) is 62.3 Å². The van der Waals surface area contributed by atoms with Crippen LogP contribution in [0.3, 0.4) is 0 Å². The van der Waals surface area contributed by atoms with Crippen molar-refractivity contribution >= 4 is 12.0 Å². The molecule has 1 atom stereocenters. The van der Waals surface area contributed by atoms with Crippen LogP contribution in [0.1, 0.15) is 35.0 Å². The summed E-state index contributed by atoms with van der Waals surface area (Å²) >= 11 is -0.204. The number of halogens is 2. The first-order valence-corrected chi connectivity index (χ1v) is 15.2. The average molecular weight is 481 g/mol. The summed E-state index contributed by atoms with van der Waals surface area (Å²) in [4.78, 5) is 0. The summed E-state index contributed by atoms with van der Waals surface area (Å²) in [6.45, 7) is 9.78. The molecule has 1 aromatic carbocycles. The fraction of sp³-hybridized carbons (Fsp3) is 0.467. The number of allylic oxidation sites excluding steroid dienone is 1. The Bertz CT molecular complexity index is 430. The van der Waals surface area contributed by atoms with Crippen molar-refractivity contribution in [1.29, 1.82) is 0 Å². The van der Waals surface area contributed by atoms with Crippen LogP contribution in [0.15, 0.2) is 29.8 Å². The molecule has 0 amide bonds. The van der Waals surface area contributed by atoms with Gasteiger partial charge < -0.3 is 34.0 Å². The van der Waals surface area contributed by atoms with Gasteiger partial charge in [-0.1, -0.05) is 0 Å². The van der Waals surface area contributed by atoms with Crippen LogP contribution in [0.2, 0.25) is 13.1 Å². The van der Waals surface area contributed by atoms with Gasteiger partial charge in [-0.3, -0.25) is 0 Å². The molecule has 2 rings (SSSR count). The van der Waals surface area contributed by atoms with E-state index in [1.807, 2.05) is 0 Å². The minimum atomic E-state index is -0.337. The van der Waals surface area contributed by atoms with Gasteiger partial charge in [-0.05, 0) is 0 Å². The fourth-order valence-corrected chi connectivity index (χ4v) is 12.6. The molecule has 0 aromatic heterocycles. The quantitative estimate of drug-likeness (QED) is 0.448. The molecule has 0 N–H and O–H groups in total. The Morgan fingerprint density at radius 1 is 1.16 bits per heavy atom. The van der Waals surface area contributed by atoms with Gasteiger partial charge >= 0.3 is 118 Å². The van der Waals surface area contributed by atoms with E-state index in [9.17, 15) is 0 Å². The molecule has 104 valence electrons. The van der Waals surface area contributed by atoms with Gasteiger partial charge in [0.2, 0.25) is 0 Å². The maximum absolute atomic E-state index is 2.54. The first kappa shape index (κ1) is 20.0. The van der Waals surface area contributed by atoms with Crippen molar-refractivity contribution in [1.82, 2.24) is 0 Å². The van der Waals surface area contributed by atoms with Crippen LogP contribution in [0, 0.1) is 5.92 Å². The Kier molecular flexibility index (Phi) is 9.61. The van der Waals surface area contributed by atoms with Crippen molar-refractivity contribution in [2.45, 2.75) is 37.0 Å². The first-order chi connectivity index (χ1) is 8.08. The molecule has 1 aliphatic carbocycles. The molecule has 1 aromatic rings. The van der Waals surface area contributed by atoms with E-state index in [1.165, 1.54) is 12.0 Å². The van der Waals surface area contributed by atoms with Crippen LogP contribution in [-0.4, -0.2) is 5.92 Å². The Labute approximate surface area is 151 Å². The molecule has 0 fully saturated rings. The molecule has 0 spiro atoms. The normalized spacial score (nSPS) is 16.3. The maximum Gasteiger partial charge on any atom is -1.00 e. The molecule has 4 heteroatoms. The molecular formula is C15H22Br2SiZr. The summed E-state index contributed by atoms with van der Waals surface area (Å²) in [7, 11) is 0. The second kappa shape index (κ2) is 9.12. The third-order valence-electron chi connectivity index (χ3n) is 3.16. The van der Waals surface area contributed by atoms with Crippen molar-refractivity contribution in [2.75, 3.05) is 0 Å². The summed E-state index contributed by atoms with van der Waals surface area (Å²) < 4.78 is 0.906. The average Bonchev–Trinajstić information content (AvgIpc) is 2.55. The van der Waals surface area contributed by atoms with E-state index < -0.39 is 0 Å². The topological polar surface area (TPSA) is 0 Å². The van der Waals surface area contributed by atoms with Crippen LogP contribution >= 0.6 is 0 Å². The third kappa shape index (κ3) is 5.37. The van der Waals surface area contributed by atoms with E-state index in [0.717, 1.165) is 9.54 Å². The first-order valence-electron chi connectivity index (χ1n) is 6.63. The predicted octanol–water partition coefficient (Wildman–Crippen LogP) is -1.76. The Morgan fingerprint density at radius 3 is 2.37 bits per heavy atom. The molecule has 1 unspecified atom stereocenters. The Morgan fingerprint density at radius 2 is 1.79 bits per heavy atom. The second-order valence-corrected chi connectivity index (χ2v) is 20.7. The van der Waals surface area contributed by atoms with E-state index in [0.29, 0.717) is 0 Å². The minimum Gasteiger partial charge on any atom is -1.00 e. The summed E-state index contributed by atoms with van der Waals surface area (Å²) in [5.41, 5.74) is 4.94. The number of hydrogen-bond acceptors (Lipinski definition) is 0. The predicted molar refractivity (Wildman–Crippen MR) is 75.5 cm³/mol. The van der Waals surface area contributed by atoms with Crippen LogP contribution in [0.4, 0.5) is 0 Å². The SMILES string of the molecule is CC(C)CC1=Cc2ccccc2[CH]1[Zr+2][SiH](C)C.[Br-].[Br-].